The number of carbonyl (C=O) groups excluding carboxylic acids is 1. The molecule has 0 bridgehead atoms. The Morgan fingerprint density at radius 3 is 2.83 bits per heavy atom. The van der Waals surface area contributed by atoms with Crippen molar-refractivity contribution in [3.63, 3.8) is 0 Å². The van der Waals surface area contributed by atoms with Gasteiger partial charge in [-0.2, -0.15) is 0 Å². The van der Waals surface area contributed by atoms with Gasteiger partial charge in [-0.3, -0.25) is 4.79 Å². The maximum atomic E-state index is 12.0. The summed E-state index contributed by atoms with van der Waals surface area (Å²) in [7, 11) is 1.70. The third kappa shape index (κ3) is 5.36. The van der Waals surface area contributed by atoms with Gasteiger partial charge in [0.15, 0.2) is 0 Å². The molecule has 0 spiro atoms. The normalized spacial score (nSPS) is 25.1. The first kappa shape index (κ1) is 15.4. The zero-order valence-corrected chi connectivity index (χ0v) is 12.0. The number of unbranched alkanes of at least 4 members (excludes halogenated alkanes) is 3. The number of methoxy groups -OCH3 is 1. The zero-order chi connectivity index (χ0) is 13.4. The number of hydrogen-bond donors (Lipinski definition) is 2. The monoisotopic (exact) mass is 256 g/mol. The zero-order valence-electron chi connectivity index (χ0n) is 12.0. The molecule has 1 aliphatic heterocycles. The molecule has 1 fully saturated rings. The van der Waals surface area contributed by atoms with Crippen molar-refractivity contribution in [3.05, 3.63) is 0 Å². The Labute approximate surface area is 111 Å². The molecule has 1 heterocycles. The number of hydrogen-bond acceptors (Lipinski definition) is 3. The molecular formula is C14H28N2O2. The Kier molecular flexibility index (Phi) is 7.28. The lowest BCUT2D eigenvalue weighted by atomic mass is 10.1. The summed E-state index contributed by atoms with van der Waals surface area (Å²) in [6.07, 6.45) is 7.06. The SMILES string of the molecule is CCCCCCC(C)NC(=O)C1CC(OC)CN1. The summed E-state index contributed by atoms with van der Waals surface area (Å²) in [5.41, 5.74) is 0. The fourth-order valence-electron chi connectivity index (χ4n) is 2.38. The fraction of sp³-hybridized carbons (Fsp3) is 0.929. The number of amides is 1. The van der Waals surface area contributed by atoms with Crippen molar-refractivity contribution in [1.29, 1.82) is 0 Å². The summed E-state index contributed by atoms with van der Waals surface area (Å²) in [6.45, 7) is 5.08. The average molecular weight is 256 g/mol. The van der Waals surface area contributed by atoms with Crippen molar-refractivity contribution >= 4 is 5.91 Å². The maximum Gasteiger partial charge on any atom is 0.237 e. The van der Waals surface area contributed by atoms with E-state index in [1.165, 1.54) is 25.7 Å². The Hall–Kier alpha value is -0.610. The van der Waals surface area contributed by atoms with Crippen LogP contribution in [0.3, 0.4) is 0 Å². The first-order valence-corrected chi connectivity index (χ1v) is 7.24. The quantitative estimate of drug-likeness (QED) is 0.652. The van der Waals surface area contributed by atoms with E-state index in [4.69, 9.17) is 4.74 Å². The summed E-state index contributed by atoms with van der Waals surface area (Å²) in [6, 6.07) is 0.200. The third-order valence-electron chi connectivity index (χ3n) is 3.62. The van der Waals surface area contributed by atoms with Gasteiger partial charge in [0.2, 0.25) is 5.91 Å². The summed E-state index contributed by atoms with van der Waals surface area (Å²) >= 11 is 0. The molecule has 1 rings (SSSR count). The molecule has 0 aromatic heterocycles. The molecule has 0 aliphatic carbocycles. The Balaban J connectivity index is 2.15. The van der Waals surface area contributed by atoms with Gasteiger partial charge in [0.1, 0.15) is 0 Å². The molecule has 3 atom stereocenters. The topological polar surface area (TPSA) is 50.4 Å². The van der Waals surface area contributed by atoms with Crippen LogP contribution in [0, 0.1) is 0 Å². The van der Waals surface area contributed by atoms with Crippen molar-refractivity contribution in [1.82, 2.24) is 10.6 Å². The Bertz CT molecular complexity index is 246. The molecule has 1 amide bonds. The van der Waals surface area contributed by atoms with E-state index in [1.807, 2.05) is 0 Å². The van der Waals surface area contributed by atoms with E-state index < -0.39 is 0 Å². The highest BCUT2D eigenvalue weighted by molar-refractivity contribution is 5.82. The van der Waals surface area contributed by atoms with Crippen molar-refractivity contribution in [2.45, 2.75) is 70.6 Å². The number of rotatable bonds is 8. The van der Waals surface area contributed by atoms with Crippen LogP contribution >= 0.6 is 0 Å². The van der Waals surface area contributed by atoms with Crippen LogP contribution in [0.15, 0.2) is 0 Å². The van der Waals surface area contributed by atoms with E-state index >= 15 is 0 Å². The van der Waals surface area contributed by atoms with Crippen LogP contribution in [0.25, 0.3) is 0 Å². The Morgan fingerprint density at radius 2 is 2.22 bits per heavy atom. The van der Waals surface area contributed by atoms with Crippen molar-refractivity contribution in [3.8, 4) is 0 Å². The van der Waals surface area contributed by atoms with E-state index in [1.54, 1.807) is 7.11 Å². The number of carbonyl (C=O) groups is 1. The van der Waals surface area contributed by atoms with Crippen LogP contribution in [0.4, 0.5) is 0 Å². The van der Waals surface area contributed by atoms with Gasteiger partial charge in [0.05, 0.1) is 12.1 Å². The molecule has 4 heteroatoms. The van der Waals surface area contributed by atoms with Gasteiger partial charge in [0, 0.05) is 19.7 Å². The highest BCUT2D eigenvalue weighted by atomic mass is 16.5. The average Bonchev–Trinajstić information content (AvgIpc) is 2.83. The Morgan fingerprint density at radius 1 is 1.44 bits per heavy atom. The third-order valence-corrected chi connectivity index (χ3v) is 3.62. The van der Waals surface area contributed by atoms with E-state index in [9.17, 15) is 4.79 Å². The standard InChI is InChI=1S/C14H28N2O2/c1-4-5-6-7-8-11(2)16-14(17)13-9-12(18-3)10-15-13/h11-13,15H,4-10H2,1-3H3,(H,16,17). The highest BCUT2D eigenvalue weighted by Crippen LogP contribution is 2.10. The molecule has 4 nitrogen and oxygen atoms in total. The van der Waals surface area contributed by atoms with Gasteiger partial charge in [-0.25, -0.2) is 0 Å². The second-order valence-electron chi connectivity index (χ2n) is 5.31. The largest absolute Gasteiger partial charge is 0.380 e. The minimum Gasteiger partial charge on any atom is -0.380 e. The summed E-state index contributed by atoms with van der Waals surface area (Å²) in [5, 5.41) is 6.29. The molecule has 0 aromatic carbocycles. The van der Waals surface area contributed by atoms with Crippen molar-refractivity contribution in [2.24, 2.45) is 0 Å². The minimum absolute atomic E-state index is 0.0759. The van der Waals surface area contributed by atoms with E-state index in [2.05, 4.69) is 24.5 Å². The molecule has 1 saturated heterocycles. The van der Waals surface area contributed by atoms with Crippen molar-refractivity contribution < 1.29 is 9.53 Å². The van der Waals surface area contributed by atoms with E-state index in [0.717, 1.165) is 19.4 Å². The second-order valence-corrected chi connectivity index (χ2v) is 5.31. The van der Waals surface area contributed by atoms with Crippen LogP contribution in [-0.4, -0.2) is 37.7 Å². The molecule has 3 unspecified atom stereocenters. The van der Waals surface area contributed by atoms with Gasteiger partial charge in [-0.15, -0.1) is 0 Å². The predicted octanol–water partition coefficient (Wildman–Crippen LogP) is 1.84. The van der Waals surface area contributed by atoms with Crippen LogP contribution in [-0.2, 0) is 9.53 Å². The first-order valence-electron chi connectivity index (χ1n) is 7.24. The van der Waals surface area contributed by atoms with Crippen LogP contribution in [0.5, 0.6) is 0 Å². The van der Waals surface area contributed by atoms with Crippen LogP contribution < -0.4 is 10.6 Å². The van der Waals surface area contributed by atoms with Crippen LogP contribution in [0.2, 0.25) is 0 Å². The second kappa shape index (κ2) is 8.48. The molecule has 1 aliphatic rings. The molecule has 0 aromatic rings. The molecule has 18 heavy (non-hydrogen) atoms. The highest BCUT2D eigenvalue weighted by Gasteiger charge is 2.29. The number of nitrogens with one attached hydrogen (secondary N) is 2. The molecule has 106 valence electrons. The van der Waals surface area contributed by atoms with Gasteiger partial charge in [-0.05, 0) is 19.8 Å². The lowest BCUT2D eigenvalue weighted by Gasteiger charge is -2.17. The van der Waals surface area contributed by atoms with Crippen LogP contribution in [0.1, 0.15) is 52.4 Å². The molecule has 0 radical (unpaired) electrons. The fourth-order valence-corrected chi connectivity index (χ4v) is 2.38. The minimum atomic E-state index is -0.0759. The molecular weight excluding hydrogens is 228 g/mol. The number of ether oxygens (including phenoxy) is 1. The van der Waals surface area contributed by atoms with Gasteiger partial charge in [-0.1, -0.05) is 32.6 Å². The maximum absolute atomic E-state index is 12.0. The first-order chi connectivity index (χ1) is 8.67. The summed E-state index contributed by atoms with van der Waals surface area (Å²) in [4.78, 5) is 12.0. The smallest absolute Gasteiger partial charge is 0.237 e. The molecule has 0 saturated carbocycles. The van der Waals surface area contributed by atoms with Crippen molar-refractivity contribution in [2.75, 3.05) is 13.7 Å². The van der Waals surface area contributed by atoms with E-state index in [0.29, 0.717) is 0 Å². The summed E-state index contributed by atoms with van der Waals surface area (Å²) in [5.74, 6) is 0.123. The summed E-state index contributed by atoms with van der Waals surface area (Å²) < 4.78 is 5.25. The van der Waals surface area contributed by atoms with Gasteiger partial charge < -0.3 is 15.4 Å². The predicted molar refractivity (Wildman–Crippen MR) is 73.6 cm³/mol. The lowest BCUT2D eigenvalue weighted by Crippen LogP contribution is -2.44. The molecule has 2 N–H and O–H groups in total. The van der Waals surface area contributed by atoms with Gasteiger partial charge >= 0.3 is 0 Å². The van der Waals surface area contributed by atoms with Gasteiger partial charge in [0.25, 0.3) is 0 Å². The lowest BCUT2D eigenvalue weighted by molar-refractivity contribution is -0.123. The van der Waals surface area contributed by atoms with E-state index in [-0.39, 0.29) is 24.1 Å².